The minimum atomic E-state index is -0.418. The Bertz CT molecular complexity index is 1340. The predicted octanol–water partition coefficient (Wildman–Crippen LogP) is 8.01. The first-order valence-electron chi connectivity index (χ1n) is 11.7. The maximum atomic E-state index is 12.7. The molecule has 0 bridgehead atoms. The molecule has 0 aliphatic carbocycles. The largest absolute Gasteiger partial charge is 0.497 e. The highest BCUT2D eigenvalue weighted by Crippen LogP contribution is 2.31. The minimum absolute atomic E-state index is 0.418. The highest BCUT2D eigenvalue weighted by molar-refractivity contribution is 5.91. The molecule has 4 aromatic carbocycles. The fourth-order valence-electron chi connectivity index (χ4n) is 3.76. The molecule has 4 aromatic rings. The van der Waals surface area contributed by atoms with Gasteiger partial charge in [0.15, 0.2) is 0 Å². The van der Waals surface area contributed by atoms with E-state index in [0.717, 1.165) is 45.1 Å². The first-order valence-corrected chi connectivity index (χ1v) is 11.7. The standard InChI is InChI=1S/C30H28N2O4/c1-5-35-27-16-12-25(13-17-27)31-32-29-20(2)18-28(19-21(29)3)36-30(33)24-8-6-22(7-9-24)23-10-14-26(34-4)15-11-23/h6-19H,5H2,1-4H3. The number of carbonyl (C=O) groups is 1. The van der Waals surface area contributed by atoms with E-state index in [1.54, 1.807) is 31.4 Å². The number of rotatable bonds is 8. The van der Waals surface area contributed by atoms with Crippen molar-refractivity contribution in [2.75, 3.05) is 13.7 Å². The van der Waals surface area contributed by atoms with Gasteiger partial charge in [-0.1, -0.05) is 24.3 Å². The molecule has 36 heavy (non-hydrogen) atoms. The van der Waals surface area contributed by atoms with Gasteiger partial charge in [0, 0.05) is 0 Å². The number of azo groups is 1. The van der Waals surface area contributed by atoms with Crippen LogP contribution in [-0.2, 0) is 0 Å². The maximum absolute atomic E-state index is 12.7. The lowest BCUT2D eigenvalue weighted by atomic mass is 10.0. The monoisotopic (exact) mass is 480 g/mol. The number of ether oxygens (including phenoxy) is 3. The molecule has 0 saturated heterocycles. The summed E-state index contributed by atoms with van der Waals surface area (Å²) in [5, 5.41) is 8.75. The van der Waals surface area contributed by atoms with Crippen molar-refractivity contribution in [3.63, 3.8) is 0 Å². The molecule has 182 valence electrons. The van der Waals surface area contributed by atoms with Gasteiger partial charge in [0.2, 0.25) is 0 Å². The quantitative estimate of drug-likeness (QED) is 0.145. The molecule has 0 fully saturated rings. The van der Waals surface area contributed by atoms with Crippen molar-refractivity contribution in [2.24, 2.45) is 10.2 Å². The second kappa shape index (κ2) is 11.3. The third-order valence-electron chi connectivity index (χ3n) is 5.63. The van der Waals surface area contributed by atoms with Crippen LogP contribution in [0.25, 0.3) is 11.1 Å². The summed E-state index contributed by atoms with van der Waals surface area (Å²) in [5.74, 6) is 1.65. The van der Waals surface area contributed by atoms with E-state index in [4.69, 9.17) is 14.2 Å². The van der Waals surface area contributed by atoms with Crippen LogP contribution in [0.15, 0.2) is 95.2 Å². The van der Waals surface area contributed by atoms with Gasteiger partial charge in [-0.15, -0.1) is 0 Å². The van der Waals surface area contributed by atoms with Gasteiger partial charge in [0.25, 0.3) is 0 Å². The molecule has 0 atom stereocenters. The molecule has 0 radical (unpaired) electrons. The molecule has 0 spiro atoms. The Morgan fingerprint density at radius 3 is 1.83 bits per heavy atom. The zero-order chi connectivity index (χ0) is 25.5. The van der Waals surface area contributed by atoms with E-state index >= 15 is 0 Å². The highest BCUT2D eigenvalue weighted by Gasteiger charge is 2.12. The van der Waals surface area contributed by atoms with Crippen LogP contribution in [0.1, 0.15) is 28.4 Å². The average molecular weight is 481 g/mol. The molecule has 6 heteroatoms. The molecule has 0 aliphatic heterocycles. The van der Waals surface area contributed by atoms with E-state index in [9.17, 15) is 4.79 Å². The van der Waals surface area contributed by atoms with Gasteiger partial charge < -0.3 is 14.2 Å². The lowest BCUT2D eigenvalue weighted by molar-refractivity contribution is 0.0734. The van der Waals surface area contributed by atoms with Crippen molar-refractivity contribution in [3.8, 4) is 28.4 Å². The zero-order valence-electron chi connectivity index (χ0n) is 20.8. The van der Waals surface area contributed by atoms with Crippen molar-refractivity contribution in [1.29, 1.82) is 0 Å². The predicted molar refractivity (Wildman–Crippen MR) is 141 cm³/mol. The third-order valence-corrected chi connectivity index (χ3v) is 5.63. The zero-order valence-corrected chi connectivity index (χ0v) is 20.8. The Balaban J connectivity index is 1.44. The number of carbonyl (C=O) groups excluding carboxylic acids is 1. The second-order valence-electron chi connectivity index (χ2n) is 8.23. The van der Waals surface area contributed by atoms with Gasteiger partial charge >= 0.3 is 5.97 Å². The number of esters is 1. The van der Waals surface area contributed by atoms with Crippen molar-refractivity contribution in [2.45, 2.75) is 20.8 Å². The van der Waals surface area contributed by atoms with Gasteiger partial charge in [0.1, 0.15) is 17.2 Å². The van der Waals surface area contributed by atoms with Crippen LogP contribution in [0.4, 0.5) is 11.4 Å². The van der Waals surface area contributed by atoms with Gasteiger partial charge in [0.05, 0.1) is 30.7 Å². The Labute approximate surface area is 211 Å². The summed E-state index contributed by atoms with van der Waals surface area (Å²) >= 11 is 0. The lowest BCUT2D eigenvalue weighted by Gasteiger charge is -2.10. The van der Waals surface area contributed by atoms with Crippen LogP contribution in [0.5, 0.6) is 17.2 Å². The normalized spacial score (nSPS) is 10.9. The van der Waals surface area contributed by atoms with Crippen molar-refractivity contribution < 1.29 is 19.0 Å². The maximum Gasteiger partial charge on any atom is 0.343 e. The molecule has 6 nitrogen and oxygen atoms in total. The van der Waals surface area contributed by atoms with E-state index in [1.807, 2.05) is 81.4 Å². The first-order chi connectivity index (χ1) is 17.5. The number of aryl methyl sites for hydroxylation is 2. The Morgan fingerprint density at radius 1 is 0.722 bits per heavy atom. The molecule has 0 N–H and O–H groups in total. The third kappa shape index (κ3) is 5.96. The molecule has 0 saturated carbocycles. The molecule has 0 aromatic heterocycles. The van der Waals surface area contributed by atoms with Gasteiger partial charge in [-0.25, -0.2) is 4.79 Å². The minimum Gasteiger partial charge on any atom is -0.497 e. The molecule has 4 rings (SSSR count). The topological polar surface area (TPSA) is 69.5 Å². The van der Waals surface area contributed by atoms with E-state index in [2.05, 4.69) is 10.2 Å². The Kier molecular flexibility index (Phi) is 7.75. The molecule has 0 unspecified atom stereocenters. The molecule has 0 aliphatic rings. The van der Waals surface area contributed by atoms with Crippen LogP contribution in [0.2, 0.25) is 0 Å². The molecule has 0 heterocycles. The summed E-state index contributed by atoms with van der Waals surface area (Å²) in [6.45, 7) is 6.39. The molecule has 0 amide bonds. The lowest BCUT2D eigenvalue weighted by Crippen LogP contribution is -2.08. The number of hydrogen-bond acceptors (Lipinski definition) is 6. The SMILES string of the molecule is CCOc1ccc(N=Nc2c(C)cc(OC(=O)c3ccc(-c4ccc(OC)cc4)cc3)cc2C)cc1. The number of benzene rings is 4. The van der Waals surface area contributed by atoms with E-state index in [0.29, 0.717) is 17.9 Å². The van der Waals surface area contributed by atoms with Crippen LogP contribution < -0.4 is 14.2 Å². The molecular formula is C30H28N2O4. The van der Waals surface area contributed by atoms with E-state index in [1.165, 1.54) is 0 Å². The average Bonchev–Trinajstić information content (AvgIpc) is 2.89. The summed E-state index contributed by atoms with van der Waals surface area (Å²) in [6, 6.07) is 26.1. The Morgan fingerprint density at radius 2 is 1.28 bits per heavy atom. The van der Waals surface area contributed by atoms with E-state index in [-0.39, 0.29) is 0 Å². The van der Waals surface area contributed by atoms with Crippen LogP contribution >= 0.6 is 0 Å². The van der Waals surface area contributed by atoms with Gasteiger partial charge in [-0.2, -0.15) is 10.2 Å². The summed E-state index contributed by atoms with van der Waals surface area (Å²) in [4.78, 5) is 12.7. The molecular weight excluding hydrogens is 452 g/mol. The van der Waals surface area contributed by atoms with Gasteiger partial charge in [-0.05, 0) is 104 Å². The summed E-state index contributed by atoms with van der Waals surface area (Å²) in [7, 11) is 1.64. The van der Waals surface area contributed by atoms with Crippen LogP contribution in [0.3, 0.4) is 0 Å². The smallest absolute Gasteiger partial charge is 0.343 e. The van der Waals surface area contributed by atoms with E-state index < -0.39 is 5.97 Å². The van der Waals surface area contributed by atoms with Crippen molar-refractivity contribution >= 4 is 17.3 Å². The second-order valence-corrected chi connectivity index (χ2v) is 8.23. The number of hydrogen-bond donors (Lipinski definition) is 0. The summed E-state index contributed by atoms with van der Waals surface area (Å²) < 4.78 is 16.3. The number of nitrogens with zero attached hydrogens (tertiary/aromatic N) is 2. The fourth-order valence-corrected chi connectivity index (χ4v) is 3.76. The first kappa shape index (κ1) is 24.7. The summed E-state index contributed by atoms with van der Waals surface area (Å²) in [6.07, 6.45) is 0. The number of methoxy groups -OCH3 is 1. The fraction of sp³-hybridized carbons (Fsp3) is 0.167. The highest BCUT2D eigenvalue weighted by atomic mass is 16.5. The summed E-state index contributed by atoms with van der Waals surface area (Å²) in [5.41, 5.74) is 5.71. The van der Waals surface area contributed by atoms with Crippen LogP contribution in [0, 0.1) is 13.8 Å². The van der Waals surface area contributed by atoms with Crippen LogP contribution in [-0.4, -0.2) is 19.7 Å². The van der Waals surface area contributed by atoms with Gasteiger partial charge in [-0.3, -0.25) is 0 Å². The van der Waals surface area contributed by atoms with Crippen molar-refractivity contribution in [1.82, 2.24) is 0 Å². The Hall–Kier alpha value is -4.45. The van der Waals surface area contributed by atoms with Crippen molar-refractivity contribution in [3.05, 3.63) is 102 Å².